The van der Waals surface area contributed by atoms with Gasteiger partial charge in [-0.05, 0) is 29.8 Å². The van der Waals surface area contributed by atoms with E-state index >= 15 is 0 Å². The molecule has 1 atom stereocenters. The highest BCUT2D eigenvalue weighted by Crippen LogP contribution is 2.33. The van der Waals surface area contributed by atoms with Crippen LogP contribution in [0.15, 0.2) is 67.0 Å². The lowest BCUT2D eigenvalue weighted by Crippen LogP contribution is -2.38. The van der Waals surface area contributed by atoms with Gasteiger partial charge in [0.05, 0.1) is 22.2 Å². The van der Waals surface area contributed by atoms with Crippen LogP contribution >= 0.6 is 0 Å². The minimum Gasteiger partial charge on any atom is -0.334 e. The van der Waals surface area contributed by atoms with Gasteiger partial charge in [-0.3, -0.25) is 14.9 Å². The Hall–Kier alpha value is -4.21. The number of pyridine rings is 1. The van der Waals surface area contributed by atoms with Crippen LogP contribution in [0, 0.1) is 0 Å². The smallest absolute Gasteiger partial charge is 0.334 e. The normalized spacial score (nSPS) is 12.8. The number of benzene rings is 2. The Bertz CT molecular complexity index is 1410. The number of hydrogen-bond acceptors (Lipinski definition) is 4. The van der Waals surface area contributed by atoms with Gasteiger partial charge in [0.15, 0.2) is 6.04 Å². The summed E-state index contributed by atoms with van der Waals surface area (Å²) < 4.78 is 40.7. The van der Waals surface area contributed by atoms with Gasteiger partial charge in [-0.1, -0.05) is 30.3 Å². The highest BCUT2D eigenvalue weighted by atomic mass is 19.4. The SMILES string of the molecule is O=C(NC(c1ccccc1)C(F)(F)F)c1nc2cc3[nH][nH]c(-c4ccncc4)c3cc2n1. The van der Waals surface area contributed by atoms with Crippen LogP contribution in [-0.4, -0.2) is 37.2 Å². The van der Waals surface area contributed by atoms with Crippen LogP contribution in [0.5, 0.6) is 0 Å². The van der Waals surface area contributed by atoms with E-state index in [1.54, 1.807) is 30.6 Å². The molecule has 0 bridgehead atoms. The first-order chi connectivity index (χ1) is 15.4. The number of H-pyrrole nitrogens is 2. The Morgan fingerprint density at radius 2 is 1.62 bits per heavy atom. The summed E-state index contributed by atoms with van der Waals surface area (Å²) in [5.41, 5.74) is 3.11. The molecule has 160 valence electrons. The highest BCUT2D eigenvalue weighted by Gasteiger charge is 2.42. The van der Waals surface area contributed by atoms with Crippen LogP contribution < -0.4 is 5.32 Å². The lowest BCUT2D eigenvalue weighted by Gasteiger charge is -2.21. The maximum Gasteiger partial charge on any atom is 0.412 e. The topological polar surface area (TPSA) is 99.3 Å². The molecule has 0 spiro atoms. The average Bonchev–Trinajstić information content (AvgIpc) is 3.39. The van der Waals surface area contributed by atoms with E-state index in [4.69, 9.17) is 0 Å². The number of aromatic nitrogens is 5. The van der Waals surface area contributed by atoms with E-state index in [0.717, 1.165) is 16.6 Å². The summed E-state index contributed by atoms with van der Waals surface area (Å²) in [6.07, 6.45) is -1.35. The molecule has 2 aromatic carbocycles. The Labute approximate surface area is 178 Å². The molecule has 5 rings (SSSR count). The maximum atomic E-state index is 13.6. The zero-order valence-corrected chi connectivity index (χ0v) is 16.3. The third kappa shape index (κ3) is 3.55. The lowest BCUT2D eigenvalue weighted by molar-refractivity contribution is -0.155. The Morgan fingerprint density at radius 1 is 0.938 bits per heavy atom. The molecule has 3 N–H and O–H groups in total. The van der Waals surface area contributed by atoms with Crippen molar-refractivity contribution in [3.8, 4) is 11.3 Å². The molecule has 0 saturated carbocycles. The number of fused-ring (bicyclic) bond motifs is 2. The van der Waals surface area contributed by atoms with Crippen molar-refractivity contribution in [3.05, 3.63) is 78.4 Å². The van der Waals surface area contributed by atoms with Gasteiger partial charge in [-0.2, -0.15) is 13.2 Å². The molecular weight excluding hydrogens is 421 g/mol. The first kappa shape index (κ1) is 19.7. The van der Waals surface area contributed by atoms with Crippen LogP contribution in [0.2, 0.25) is 0 Å². The van der Waals surface area contributed by atoms with Crippen molar-refractivity contribution < 1.29 is 18.0 Å². The van der Waals surface area contributed by atoms with Gasteiger partial charge < -0.3 is 10.4 Å². The van der Waals surface area contributed by atoms with Crippen LogP contribution in [-0.2, 0) is 0 Å². The third-order valence-electron chi connectivity index (χ3n) is 5.07. The number of rotatable bonds is 4. The van der Waals surface area contributed by atoms with Gasteiger partial charge in [-0.25, -0.2) is 9.97 Å². The summed E-state index contributed by atoms with van der Waals surface area (Å²) in [4.78, 5) is 24.9. The highest BCUT2D eigenvalue weighted by molar-refractivity contribution is 6.02. The zero-order chi connectivity index (χ0) is 22.3. The second-order valence-electron chi connectivity index (χ2n) is 7.15. The molecule has 0 aliphatic rings. The van der Waals surface area contributed by atoms with E-state index < -0.39 is 18.1 Å². The number of hydrogen-bond donors (Lipinski definition) is 3. The van der Waals surface area contributed by atoms with Gasteiger partial charge in [-0.15, -0.1) is 0 Å². The van der Waals surface area contributed by atoms with Crippen molar-refractivity contribution in [2.45, 2.75) is 12.2 Å². The summed E-state index contributed by atoms with van der Waals surface area (Å²) in [6.45, 7) is 0. The number of nitrogens with one attached hydrogen (secondary N) is 3. The third-order valence-corrected chi connectivity index (χ3v) is 5.07. The predicted octanol–water partition coefficient (Wildman–Crippen LogP) is 4.53. The van der Waals surface area contributed by atoms with Crippen molar-refractivity contribution in [1.82, 2.24) is 30.5 Å². The second-order valence-corrected chi connectivity index (χ2v) is 7.15. The van der Waals surface area contributed by atoms with E-state index in [9.17, 15) is 18.0 Å². The molecule has 1 amide bonds. The summed E-state index contributed by atoms with van der Waals surface area (Å²) in [7, 11) is 0. The van der Waals surface area contributed by atoms with Gasteiger partial charge in [0.1, 0.15) is 0 Å². The van der Waals surface area contributed by atoms with Gasteiger partial charge in [0.25, 0.3) is 5.91 Å². The van der Waals surface area contributed by atoms with Crippen molar-refractivity contribution in [3.63, 3.8) is 0 Å². The van der Waals surface area contributed by atoms with E-state index in [1.807, 2.05) is 17.4 Å². The molecule has 0 aliphatic heterocycles. The second kappa shape index (κ2) is 7.49. The average molecular weight is 436 g/mol. The van der Waals surface area contributed by atoms with Gasteiger partial charge in [0, 0.05) is 23.3 Å². The van der Waals surface area contributed by atoms with Crippen molar-refractivity contribution >= 4 is 27.8 Å². The molecule has 1 unspecified atom stereocenters. The molecular formula is C22H15F3N6O. The first-order valence-electron chi connectivity index (χ1n) is 9.61. The number of amides is 1. The molecule has 3 aromatic heterocycles. The number of halogens is 3. The molecule has 7 nitrogen and oxygen atoms in total. The molecule has 0 aliphatic carbocycles. The van der Waals surface area contributed by atoms with Crippen molar-refractivity contribution in [2.75, 3.05) is 0 Å². The van der Waals surface area contributed by atoms with E-state index in [2.05, 4.69) is 25.1 Å². The number of aromatic amines is 2. The molecule has 0 fully saturated rings. The molecule has 5 aromatic rings. The molecule has 10 heteroatoms. The van der Waals surface area contributed by atoms with Crippen LogP contribution in [0.1, 0.15) is 22.2 Å². The Balaban J connectivity index is 1.50. The quantitative estimate of drug-likeness (QED) is 0.385. The fourth-order valence-electron chi connectivity index (χ4n) is 3.56. The minimum atomic E-state index is -4.67. The summed E-state index contributed by atoms with van der Waals surface area (Å²) in [5, 5.41) is 8.92. The minimum absolute atomic E-state index is 0.0738. The van der Waals surface area contributed by atoms with Crippen LogP contribution in [0.4, 0.5) is 13.2 Å². The molecule has 32 heavy (non-hydrogen) atoms. The standard InChI is InChI=1S/C22H15F3N6O/c23-22(24,25)19(13-4-2-1-3-5-13)29-21(32)20-27-16-10-14-15(11-17(16)28-20)30-31-18(14)12-6-8-26-9-7-12/h1-11,19,30-31H,(H,29,32). The number of carbonyl (C=O) groups excluding carboxylic acids is 1. The summed E-state index contributed by atoms with van der Waals surface area (Å²) in [6, 6.07) is 12.1. The number of alkyl halides is 3. The van der Waals surface area contributed by atoms with E-state index in [0.29, 0.717) is 16.6 Å². The zero-order valence-electron chi connectivity index (χ0n) is 16.3. The number of carbonyl (C=O) groups is 1. The van der Waals surface area contributed by atoms with Crippen LogP contribution in [0.3, 0.4) is 0 Å². The Kier molecular flexibility index (Phi) is 4.62. The van der Waals surface area contributed by atoms with Gasteiger partial charge in [0.2, 0.25) is 5.82 Å². The van der Waals surface area contributed by atoms with Crippen molar-refractivity contribution in [2.24, 2.45) is 0 Å². The monoisotopic (exact) mass is 436 g/mol. The maximum absolute atomic E-state index is 13.6. The lowest BCUT2D eigenvalue weighted by atomic mass is 10.1. The fourth-order valence-corrected chi connectivity index (χ4v) is 3.56. The molecule has 3 heterocycles. The Morgan fingerprint density at radius 3 is 2.31 bits per heavy atom. The van der Waals surface area contributed by atoms with Crippen molar-refractivity contribution in [1.29, 1.82) is 0 Å². The van der Waals surface area contributed by atoms with E-state index in [1.165, 1.54) is 24.3 Å². The molecule has 0 radical (unpaired) electrons. The summed E-state index contributed by atoms with van der Waals surface area (Å²) >= 11 is 0. The predicted molar refractivity (Wildman–Crippen MR) is 112 cm³/mol. The number of imidazole rings is 1. The summed E-state index contributed by atoms with van der Waals surface area (Å²) in [5.74, 6) is -1.33. The number of nitrogens with zero attached hydrogens (tertiary/aromatic N) is 3. The first-order valence-corrected chi connectivity index (χ1v) is 9.61. The van der Waals surface area contributed by atoms with Crippen LogP contribution in [0.25, 0.3) is 33.2 Å². The van der Waals surface area contributed by atoms with E-state index in [-0.39, 0.29) is 11.4 Å². The van der Waals surface area contributed by atoms with Gasteiger partial charge >= 0.3 is 6.18 Å². The largest absolute Gasteiger partial charge is 0.412 e. The fraction of sp³-hybridized carbons (Fsp3) is 0.0909. The molecule has 0 saturated heterocycles.